The molecule has 2 aromatic rings. The molecule has 0 radical (unpaired) electrons. The molecule has 3 N–H and O–H groups in total. The number of methoxy groups -OCH3 is 2. The lowest BCUT2D eigenvalue weighted by Gasteiger charge is -2.22. The summed E-state index contributed by atoms with van der Waals surface area (Å²) in [6, 6.07) is 0.0551. The van der Waals surface area contributed by atoms with Gasteiger partial charge >= 0.3 is 0 Å². The Morgan fingerprint density at radius 1 is 1.19 bits per heavy atom. The van der Waals surface area contributed by atoms with Crippen LogP contribution in [-0.4, -0.2) is 81.5 Å². The summed E-state index contributed by atoms with van der Waals surface area (Å²) in [5.74, 6) is 0.901. The Kier molecular flexibility index (Phi) is 6.22. The number of nitrogens with zero attached hydrogens (tertiary/aromatic N) is 4. The molecule has 2 aromatic heterocycles. The molecule has 5 atom stereocenters. The number of aliphatic hydroxyl groups is 2. The third kappa shape index (κ3) is 3.90. The summed E-state index contributed by atoms with van der Waals surface area (Å²) in [6.07, 6.45) is -0.658. The summed E-state index contributed by atoms with van der Waals surface area (Å²) in [7, 11) is 3.17. The lowest BCUT2D eigenvalue weighted by Crippen LogP contribution is -2.33. The minimum Gasteiger partial charge on any atom is -0.387 e. The smallest absolute Gasteiger partial charge is 0.167 e. The molecule has 3 rings (SSSR count). The average molecular weight is 381 g/mol. The number of fused-ring (bicyclic) bond motifs is 1. The van der Waals surface area contributed by atoms with Crippen LogP contribution in [0.3, 0.4) is 0 Å². The van der Waals surface area contributed by atoms with Crippen molar-refractivity contribution in [1.82, 2.24) is 19.5 Å². The quantitative estimate of drug-likeness (QED) is 0.587. The highest BCUT2D eigenvalue weighted by Gasteiger charge is 2.44. The molecule has 0 bridgehead atoms. The van der Waals surface area contributed by atoms with Crippen LogP contribution < -0.4 is 5.32 Å². The van der Waals surface area contributed by atoms with Gasteiger partial charge in [0.1, 0.15) is 24.6 Å². The fourth-order valence-electron chi connectivity index (χ4n) is 3.16. The lowest BCUT2D eigenvalue weighted by molar-refractivity contribution is -0.0580. The number of aliphatic hydroxyl groups excluding tert-OH is 2. The molecule has 0 aromatic carbocycles. The standard InChI is InChI=1S/C17H27N5O5/c1-9(2)10(5-25-3)21-15-12-16(19-7-18-15)22(8-20-12)17-14(24)13(23)11(27-17)6-26-4/h7-11,13-14,17,23-24H,5-6H2,1-4H3,(H,18,19,21)/t10-,11-,13-,14-,17-/m1/s1. The van der Waals surface area contributed by atoms with Crippen LogP contribution in [0, 0.1) is 5.92 Å². The van der Waals surface area contributed by atoms with Crippen LogP contribution in [0.25, 0.3) is 11.2 Å². The van der Waals surface area contributed by atoms with Crippen molar-refractivity contribution in [2.24, 2.45) is 5.92 Å². The van der Waals surface area contributed by atoms with E-state index in [4.69, 9.17) is 14.2 Å². The number of hydrogen-bond acceptors (Lipinski definition) is 9. The number of imidazole rings is 1. The van der Waals surface area contributed by atoms with Gasteiger partial charge in [0.2, 0.25) is 0 Å². The first-order valence-electron chi connectivity index (χ1n) is 8.91. The van der Waals surface area contributed by atoms with Crippen molar-refractivity contribution in [3.63, 3.8) is 0 Å². The van der Waals surface area contributed by atoms with Crippen molar-refractivity contribution in [2.75, 3.05) is 32.8 Å². The maximum atomic E-state index is 10.4. The molecule has 0 unspecified atom stereocenters. The zero-order chi connectivity index (χ0) is 19.6. The molecule has 27 heavy (non-hydrogen) atoms. The van der Waals surface area contributed by atoms with Gasteiger partial charge in [-0.2, -0.15) is 0 Å². The first kappa shape index (κ1) is 19.9. The highest BCUT2D eigenvalue weighted by Crippen LogP contribution is 2.32. The Morgan fingerprint density at radius 3 is 2.63 bits per heavy atom. The predicted octanol–water partition coefficient (Wildman–Crippen LogP) is 0.175. The highest BCUT2D eigenvalue weighted by molar-refractivity contribution is 5.82. The zero-order valence-electron chi connectivity index (χ0n) is 15.9. The number of ether oxygens (including phenoxy) is 3. The first-order valence-corrected chi connectivity index (χ1v) is 8.91. The van der Waals surface area contributed by atoms with Crippen molar-refractivity contribution in [2.45, 2.75) is 44.4 Å². The minimum atomic E-state index is -1.12. The molecular weight excluding hydrogens is 354 g/mol. The Balaban J connectivity index is 1.89. The van der Waals surface area contributed by atoms with Crippen LogP contribution in [0.5, 0.6) is 0 Å². The topological polar surface area (TPSA) is 124 Å². The van der Waals surface area contributed by atoms with E-state index in [1.54, 1.807) is 11.7 Å². The summed E-state index contributed by atoms with van der Waals surface area (Å²) in [4.78, 5) is 13.0. The van der Waals surface area contributed by atoms with Crippen molar-refractivity contribution in [3.8, 4) is 0 Å². The van der Waals surface area contributed by atoms with Crippen molar-refractivity contribution < 1.29 is 24.4 Å². The molecule has 1 aliphatic heterocycles. The molecule has 150 valence electrons. The SMILES string of the molecule is COC[C@@H](Nc1ncnc2c1ncn2[C@@H]1O[C@H](COC)[C@@H](O)[C@H]1O)C(C)C. The third-order valence-electron chi connectivity index (χ3n) is 4.77. The third-order valence-corrected chi connectivity index (χ3v) is 4.77. The van der Waals surface area contributed by atoms with Crippen LogP contribution in [0.4, 0.5) is 5.82 Å². The second-order valence-corrected chi connectivity index (χ2v) is 7.00. The molecule has 0 spiro atoms. The van der Waals surface area contributed by atoms with Crippen molar-refractivity contribution in [3.05, 3.63) is 12.7 Å². The first-order chi connectivity index (χ1) is 13.0. The zero-order valence-corrected chi connectivity index (χ0v) is 15.9. The molecular formula is C17H27N5O5. The molecule has 0 aliphatic carbocycles. The van der Waals surface area contributed by atoms with E-state index in [1.165, 1.54) is 19.8 Å². The van der Waals surface area contributed by atoms with Gasteiger partial charge in [-0.3, -0.25) is 4.57 Å². The second kappa shape index (κ2) is 8.44. The maximum Gasteiger partial charge on any atom is 0.167 e. The number of aromatic nitrogens is 4. The number of anilines is 1. The van der Waals surface area contributed by atoms with E-state index in [9.17, 15) is 10.2 Å². The Labute approximate surface area is 157 Å². The van der Waals surface area contributed by atoms with Crippen LogP contribution in [0.1, 0.15) is 20.1 Å². The number of hydrogen-bond donors (Lipinski definition) is 3. The Morgan fingerprint density at radius 2 is 1.96 bits per heavy atom. The summed E-state index contributed by atoms with van der Waals surface area (Å²) in [5.41, 5.74) is 1.06. The molecule has 1 saturated heterocycles. The van der Waals surface area contributed by atoms with Crippen LogP contribution in [0.2, 0.25) is 0 Å². The maximum absolute atomic E-state index is 10.4. The fraction of sp³-hybridized carbons (Fsp3) is 0.706. The van der Waals surface area contributed by atoms with E-state index < -0.39 is 24.5 Å². The van der Waals surface area contributed by atoms with E-state index in [1.807, 2.05) is 0 Å². The van der Waals surface area contributed by atoms with Gasteiger partial charge < -0.3 is 29.7 Å². The number of nitrogens with one attached hydrogen (secondary N) is 1. The van der Waals surface area contributed by atoms with E-state index >= 15 is 0 Å². The molecule has 1 fully saturated rings. The normalized spacial score (nSPS) is 26.8. The van der Waals surface area contributed by atoms with Crippen LogP contribution in [-0.2, 0) is 14.2 Å². The molecule has 0 saturated carbocycles. The predicted molar refractivity (Wildman–Crippen MR) is 97.2 cm³/mol. The summed E-state index contributed by atoms with van der Waals surface area (Å²) < 4.78 is 17.7. The van der Waals surface area contributed by atoms with Gasteiger partial charge in [-0.05, 0) is 5.92 Å². The van der Waals surface area contributed by atoms with Gasteiger partial charge in [0, 0.05) is 14.2 Å². The van der Waals surface area contributed by atoms with E-state index in [0.717, 1.165) is 0 Å². The van der Waals surface area contributed by atoms with Gasteiger partial charge in [-0.15, -0.1) is 0 Å². The van der Waals surface area contributed by atoms with E-state index in [0.29, 0.717) is 29.5 Å². The second-order valence-electron chi connectivity index (χ2n) is 7.00. The molecule has 10 heteroatoms. The van der Waals surface area contributed by atoms with Gasteiger partial charge in [-0.25, -0.2) is 15.0 Å². The summed E-state index contributed by atoms with van der Waals surface area (Å²) in [6.45, 7) is 4.89. The van der Waals surface area contributed by atoms with Crippen LogP contribution in [0.15, 0.2) is 12.7 Å². The lowest BCUT2D eigenvalue weighted by atomic mass is 10.1. The summed E-state index contributed by atoms with van der Waals surface area (Å²) >= 11 is 0. The van der Waals surface area contributed by atoms with Crippen molar-refractivity contribution in [1.29, 1.82) is 0 Å². The van der Waals surface area contributed by atoms with Gasteiger partial charge in [0.05, 0.1) is 25.6 Å². The Bertz CT molecular complexity index is 754. The average Bonchev–Trinajstić information content (AvgIpc) is 3.18. The van der Waals surface area contributed by atoms with Crippen LogP contribution >= 0.6 is 0 Å². The number of rotatable bonds is 8. The monoisotopic (exact) mass is 381 g/mol. The largest absolute Gasteiger partial charge is 0.387 e. The molecule has 10 nitrogen and oxygen atoms in total. The van der Waals surface area contributed by atoms with E-state index in [-0.39, 0.29) is 12.6 Å². The molecule has 3 heterocycles. The fourth-order valence-corrected chi connectivity index (χ4v) is 3.16. The van der Waals surface area contributed by atoms with Gasteiger partial charge in [-0.1, -0.05) is 13.8 Å². The molecule has 0 amide bonds. The minimum absolute atomic E-state index is 0.0551. The van der Waals surface area contributed by atoms with Gasteiger partial charge in [0.25, 0.3) is 0 Å². The highest BCUT2D eigenvalue weighted by atomic mass is 16.6. The summed E-state index contributed by atoms with van der Waals surface area (Å²) in [5, 5.41) is 23.9. The molecule has 1 aliphatic rings. The van der Waals surface area contributed by atoms with E-state index in [2.05, 4.69) is 34.1 Å². The van der Waals surface area contributed by atoms with Gasteiger partial charge in [0.15, 0.2) is 23.2 Å². The Hall–Kier alpha value is -1.85. The van der Waals surface area contributed by atoms with Crippen molar-refractivity contribution >= 4 is 17.0 Å².